The van der Waals surface area contributed by atoms with E-state index in [1.54, 1.807) is 0 Å². The number of hydrogen-bond acceptors (Lipinski definition) is 4. The average Bonchev–Trinajstić information content (AvgIpc) is 3.25. The fraction of sp³-hybridized carbons (Fsp3) is 0.674. The molecule has 328 valence electrons. The molecule has 52 heavy (non-hydrogen) atoms. The Balaban J connectivity index is -0.0000000287. The summed E-state index contributed by atoms with van der Waals surface area (Å²) < 4.78 is 2.11. The summed E-state index contributed by atoms with van der Waals surface area (Å²) in [4.78, 5) is 12.5. The summed E-state index contributed by atoms with van der Waals surface area (Å²) in [6.45, 7) is 45.2. The van der Waals surface area contributed by atoms with Crippen LogP contribution in [0.4, 0.5) is 0 Å². The molecular weight excluding hydrogens is 796 g/mol. The number of pyridine rings is 1. The van der Waals surface area contributed by atoms with Crippen molar-refractivity contribution < 1.29 is 51.5 Å². The maximum atomic E-state index is 4.12. The molecule has 0 fully saturated rings. The minimum atomic E-state index is 0. The number of rotatable bonds is 10. The summed E-state index contributed by atoms with van der Waals surface area (Å²) in [5.74, 6) is 0. The van der Waals surface area contributed by atoms with Crippen molar-refractivity contribution in [1.29, 1.82) is 0 Å². The molecule has 1 aromatic rings. The summed E-state index contributed by atoms with van der Waals surface area (Å²) in [6.07, 6.45) is 6.54. The van der Waals surface area contributed by atoms with Gasteiger partial charge in [0.25, 0.3) is 6.34 Å². The van der Waals surface area contributed by atoms with Gasteiger partial charge in [0.1, 0.15) is 13.1 Å². The van der Waals surface area contributed by atoms with E-state index in [0.717, 1.165) is 44.8 Å². The third-order valence-electron chi connectivity index (χ3n) is 4.57. The largest absolute Gasteiger partial charge is 2.00 e. The van der Waals surface area contributed by atoms with Gasteiger partial charge in [-0.25, -0.2) is 0 Å². The van der Waals surface area contributed by atoms with Crippen molar-refractivity contribution in [2.24, 2.45) is 15.8 Å². The molecule has 0 radical (unpaired) electrons. The van der Waals surface area contributed by atoms with Gasteiger partial charge in [-0.1, -0.05) is 152 Å². The summed E-state index contributed by atoms with van der Waals surface area (Å²) >= 11 is 0. The van der Waals surface area contributed by atoms with Gasteiger partial charge in [0.15, 0.2) is 6.21 Å². The number of likely N-dealkylation sites (N-methyl/N-ethyl adjacent to an activating group) is 1. The number of aryl methyl sites for hydroxylation is 1. The van der Waals surface area contributed by atoms with Gasteiger partial charge in [0, 0.05) is 18.4 Å². The molecule has 0 N–H and O–H groups in total. The van der Waals surface area contributed by atoms with E-state index in [9.17, 15) is 0 Å². The van der Waals surface area contributed by atoms with Crippen molar-refractivity contribution in [3.05, 3.63) is 79.9 Å². The van der Waals surface area contributed by atoms with Gasteiger partial charge in [0.2, 0.25) is 0 Å². The maximum absolute atomic E-state index is 4.12. The van der Waals surface area contributed by atoms with E-state index in [-0.39, 0.29) is 132 Å². The number of aromatic nitrogens is 1. The maximum Gasteiger partial charge on any atom is 2.00 e. The van der Waals surface area contributed by atoms with Crippen molar-refractivity contribution in [3.63, 3.8) is 0 Å². The fourth-order valence-electron chi connectivity index (χ4n) is 3.91. The van der Waals surface area contributed by atoms with E-state index in [1.165, 1.54) is 22.3 Å². The predicted octanol–water partition coefficient (Wildman–Crippen LogP) is 14.3. The molecule has 0 aliphatic carbocycles. The molecule has 1 aliphatic heterocycles. The molecule has 1 aliphatic rings. The number of allylic oxidation sites excluding steroid dienone is 1. The fourth-order valence-corrected chi connectivity index (χ4v) is 3.91. The molecule has 0 aromatic carbocycles. The van der Waals surface area contributed by atoms with E-state index in [0.29, 0.717) is 0 Å². The number of nitrogens with zero attached hydrogens (tertiary/aromatic N) is 5. The molecular formula is C46H106N5Yb+. The Labute approximate surface area is 375 Å². The van der Waals surface area contributed by atoms with E-state index < -0.39 is 0 Å². The van der Waals surface area contributed by atoms with Crippen molar-refractivity contribution in [2.45, 2.75) is 150 Å². The van der Waals surface area contributed by atoms with Crippen LogP contribution in [0.2, 0.25) is 0 Å². The first kappa shape index (κ1) is 93.2. The van der Waals surface area contributed by atoms with Crippen molar-refractivity contribution in [2.75, 3.05) is 53.9 Å². The van der Waals surface area contributed by atoms with Crippen LogP contribution in [0.15, 0.2) is 59.8 Å². The molecule has 0 saturated heterocycles. The Bertz CT molecular complexity index is 917. The van der Waals surface area contributed by atoms with Gasteiger partial charge < -0.3 is 23.6 Å². The Kier molecular flexibility index (Phi) is 93.7. The third-order valence-corrected chi connectivity index (χ3v) is 4.57. The first-order valence-electron chi connectivity index (χ1n) is 14.7. The van der Waals surface area contributed by atoms with E-state index >= 15 is 0 Å². The normalized spacial score (nSPS) is 9.44. The first-order valence-corrected chi connectivity index (χ1v) is 14.7. The van der Waals surface area contributed by atoms with E-state index in [2.05, 4.69) is 98.7 Å². The van der Waals surface area contributed by atoms with E-state index in [1.807, 2.05) is 80.5 Å². The summed E-state index contributed by atoms with van der Waals surface area (Å²) in [5.41, 5.74) is 6.23. The molecule has 0 bridgehead atoms. The molecule has 6 heteroatoms. The summed E-state index contributed by atoms with van der Waals surface area (Å²) in [7, 11) is 6.20. The molecule has 1 aromatic heterocycles. The Morgan fingerprint density at radius 1 is 0.769 bits per heavy atom. The van der Waals surface area contributed by atoms with Crippen LogP contribution in [-0.4, -0.2) is 85.8 Å². The second-order valence-electron chi connectivity index (χ2n) is 13.0. The van der Waals surface area contributed by atoms with Gasteiger partial charge in [-0.15, -0.1) is 0 Å². The Morgan fingerprint density at radius 2 is 1.17 bits per heavy atom. The van der Waals surface area contributed by atoms with Gasteiger partial charge >= 0.3 is 46.9 Å². The number of aliphatic imine (C=N–C) groups is 1. The van der Waals surface area contributed by atoms with Gasteiger partial charge in [-0.3, -0.25) is 9.56 Å². The summed E-state index contributed by atoms with van der Waals surface area (Å²) in [5, 5.41) is 0. The first-order chi connectivity index (χ1) is 18.7. The topological polar surface area (TPSA) is 34.7 Å². The van der Waals surface area contributed by atoms with Gasteiger partial charge in [0.05, 0.1) is 0 Å². The Morgan fingerprint density at radius 3 is 1.40 bits per heavy atom. The molecule has 2 heterocycles. The predicted molar refractivity (Wildman–Crippen MR) is 255 cm³/mol. The molecule has 0 saturated carbocycles. The van der Waals surface area contributed by atoms with Crippen LogP contribution in [0.1, 0.15) is 148 Å². The molecule has 0 unspecified atom stereocenters. The minimum Gasteiger partial charge on any atom is -0.337 e. The van der Waals surface area contributed by atoms with Crippen LogP contribution in [0.3, 0.4) is 0 Å². The van der Waals surface area contributed by atoms with E-state index in [4.69, 9.17) is 0 Å². The average molecular weight is 902 g/mol. The van der Waals surface area contributed by atoms with Crippen LogP contribution in [0, 0.1) is 78.5 Å². The van der Waals surface area contributed by atoms with Crippen LogP contribution >= 0.6 is 0 Å². The molecule has 2 rings (SSSR count). The van der Waals surface area contributed by atoms with Gasteiger partial charge in [-0.2, -0.15) is 10.8 Å². The van der Waals surface area contributed by atoms with Crippen molar-refractivity contribution >= 4 is 12.6 Å². The smallest absolute Gasteiger partial charge is 0.337 e. The zero-order valence-corrected chi connectivity index (χ0v) is 31.4. The summed E-state index contributed by atoms with van der Waals surface area (Å²) in [6, 6.07) is 4.12. The minimum absolute atomic E-state index is 0. The molecule has 0 amide bonds. The molecule has 0 spiro atoms. The molecule has 5 nitrogen and oxygen atoms in total. The Hall–Kier alpha value is -0.851. The number of hydrogen-bond donors (Lipinski definition) is 0. The van der Waals surface area contributed by atoms with Crippen LogP contribution in [0.25, 0.3) is 0 Å². The zero-order chi connectivity index (χ0) is 32.8. The van der Waals surface area contributed by atoms with Crippen LogP contribution in [0.5, 0.6) is 0 Å². The van der Waals surface area contributed by atoms with Crippen molar-refractivity contribution in [1.82, 2.24) is 14.8 Å². The van der Waals surface area contributed by atoms with Crippen LogP contribution < -0.4 is 0 Å². The zero-order valence-electron chi connectivity index (χ0n) is 29.7. The standard InChI is InChI=1S/C11H23N.C10H13N.C7H11N2.C6H13N.C2H6.10CH4.Yb/c1-10(2,3)8-12(7)9-11(4,5)6;1-8(2)6-10-4-5-11-9(3)7-10;1-7(2)5-9-4-3-8-6-9;1-6(2)5-7(3)4;1-2;;;;;;;;;;;/h1,4,8-9H2,2-3,5-7H3;4-5,7H,1,6H2,2-3H3;3,6H,1,4-5H2,2H3;1,5H2,2-4H3;1-2H3;10*1H4;/q-2;;+1;;;;;;;;;;;;;+2. The third kappa shape index (κ3) is 78.3. The SMILES string of the molecule is C.C.C.C.C.C.C.C.C.C.C=C(C)CN(C)C.C=C(C)C[N+]1=CN=CC1.C=C(C)Cc1ccnc(C)c1.CC.[CH2-]C(C)(C)CN(C)CC([CH2-])(C)C.[Yb+2]. The second kappa shape index (κ2) is 52.3. The van der Waals surface area contributed by atoms with Crippen LogP contribution in [-0.2, 0) is 6.42 Å². The quantitative estimate of drug-likeness (QED) is 0.133. The second-order valence-corrected chi connectivity index (χ2v) is 13.0. The van der Waals surface area contributed by atoms with Gasteiger partial charge in [-0.05, 0) is 91.6 Å². The molecule has 0 atom stereocenters. The monoisotopic (exact) mass is 903 g/mol. The van der Waals surface area contributed by atoms with Crippen molar-refractivity contribution in [3.8, 4) is 0 Å².